The van der Waals surface area contributed by atoms with Crippen LogP contribution in [-0.2, 0) is 11.2 Å². The third-order valence-electron chi connectivity index (χ3n) is 4.84. The summed E-state index contributed by atoms with van der Waals surface area (Å²) in [5.74, 6) is 2.30. The Morgan fingerprint density at radius 1 is 1.11 bits per heavy atom. The number of carbonyl (C=O) groups excluding carboxylic acids is 1. The fourth-order valence-corrected chi connectivity index (χ4v) is 3.22. The molecule has 0 aromatic carbocycles. The van der Waals surface area contributed by atoms with Crippen LogP contribution in [0.3, 0.4) is 0 Å². The summed E-state index contributed by atoms with van der Waals surface area (Å²) in [4.78, 5) is 16.6. The number of hydrogen-bond donors (Lipinski definition) is 0. The number of amides is 1. The van der Waals surface area contributed by atoms with Crippen LogP contribution >= 0.6 is 0 Å². The quantitative estimate of drug-likeness (QED) is 0.683. The summed E-state index contributed by atoms with van der Waals surface area (Å²) in [6.45, 7) is 6.47. The highest BCUT2D eigenvalue weighted by Crippen LogP contribution is 2.17. The fourth-order valence-electron chi connectivity index (χ4n) is 3.22. The number of aryl methyl sites for hydroxylation is 2. The minimum absolute atomic E-state index is 0.101. The molecule has 1 amide bonds. The van der Waals surface area contributed by atoms with E-state index in [4.69, 9.17) is 4.52 Å². The van der Waals surface area contributed by atoms with Crippen LogP contribution in [0.15, 0.2) is 35.1 Å². The van der Waals surface area contributed by atoms with Crippen molar-refractivity contribution in [1.82, 2.24) is 30.0 Å². The monoisotopic (exact) mass is 367 g/mol. The van der Waals surface area contributed by atoms with Crippen LogP contribution in [0.2, 0.25) is 0 Å². The Bertz CT molecular complexity index is 890. The molecule has 0 bridgehead atoms. The van der Waals surface area contributed by atoms with Gasteiger partial charge in [-0.15, -0.1) is 10.2 Å². The normalized spacial score (nSPS) is 14.6. The van der Waals surface area contributed by atoms with Crippen molar-refractivity contribution in [2.75, 3.05) is 31.1 Å². The molecule has 0 N–H and O–H groups in total. The molecule has 0 atom stereocenters. The second-order valence-corrected chi connectivity index (χ2v) is 6.55. The van der Waals surface area contributed by atoms with Gasteiger partial charge in [-0.05, 0) is 32.0 Å². The maximum absolute atomic E-state index is 12.6. The third-order valence-corrected chi connectivity index (χ3v) is 4.84. The molecule has 0 saturated carbocycles. The van der Waals surface area contributed by atoms with Crippen molar-refractivity contribution in [3.8, 4) is 5.82 Å². The SMILES string of the molecule is Cc1noc(C)c1CC(=O)N1CCN(c2ccc(-n3cccn3)nn2)CC1. The van der Waals surface area contributed by atoms with E-state index in [0.29, 0.717) is 31.1 Å². The van der Waals surface area contributed by atoms with Crippen LogP contribution in [0.25, 0.3) is 5.82 Å². The molecule has 4 rings (SSSR count). The van der Waals surface area contributed by atoms with Gasteiger partial charge in [0.25, 0.3) is 0 Å². The number of hydrogen-bond acceptors (Lipinski definition) is 7. The molecule has 0 aliphatic carbocycles. The van der Waals surface area contributed by atoms with Gasteiger partial charge < -0.3 is 14.3 Å². The predicted octanol–water partition coefficient (Wildman–Crippen LogP) is 1.16. The van der Waals surface area contributed by atoms with Gasteiger partial charge in [-0.25, -0.2) is 4.68 Å². The first-order chi connectivity index (χ1) is 13.1. The first kappa shape index (κ1) is 17.2. The van der Waals surface area contributed by atoms with E-state index >= 15 is 0 Å². The molecule has 1 aliphatic rings. The molecular formula is C18H21N7O2. The van der Waals surface area contributed by atoms with E-state index in [-0.39, 0.29) is 5.91 Å². The van der Waals surface area contributed by atoms with E-state index in [2.05, 4.69) is 25.4 Å². The number of anilines is 1. The van der Waals surface area contributed by atoms with Gasteiger partial charge in [-0.1, -0.05) is 5.16 Å². The highest BCUT2D eigenvalue weighted by atomic mass is 16.5. The zero-order valence-corrected chi connectivity index (χ0v) is 15.4. The van der Waals surface area contributed by atoms with Crippen molar-refractivity contribution in [2.45, 2.75) is 20.3 Å². The summed E-state index contributed by atoms with van der Waals surface area (Å²) in [6, 6.07) is 5.67. The number of rotatable bonds is 4. The highest BCUT2D eigenvalue weighted by Gasteiger charge is 2.24. The summed E-state index contributed by atoms with van der Waals surface area (Å²) in [6.07, 6.45) is 3.86. The second-order valence-electron chi connectivity index (χ2n) is 6.55. The van der Waals surface area contributed by atoms with E-state index in [0.717, 1.165) is 30.2 Å². The number of carbonyl (C=O) groups is 1. The highest BCUT2D eigenvalue weighted by molar-refractivity contribution is 5.79. The van der Waals surface area contributed by atoms with E-state index in [1.807, 2.05) is 43.1 Å². The van der Waals surface area contributed by atoms with E-state index in [9.17, 15) is 4.79 Å². The molecule has 3 aromatic rings. The molecule has 0 unspecified atom stereocenters. The van der Waals surface area contributed by atoms with Gasteiger partial charge >= 0.3 is 0 Å². The summed E-state index contributed by atoms with van der Waals surface area (Å²) in [5, 5.41) is 16.6. The Labute approximate surface area is 156 Å². The molecule has 9 nitrogen and oxygen atoms in total. The lowest BCUT2D eigenvalue weighted by molar-refractivity contribution is -0.130. The molecule has 3 aromatic heterocycles. The Morgan fingerprint density at radius 2 is 1.85 bits per heavy atom. The zero-order chi connectivity index (χ0) is 18.8. The molecule has 1 aliphatic heterocycles. The van der Waals surface area contributed by atoms with E-state index < -0.39 is 0 Å². The molecule has 0 radical (unpaired) electrons. The Morgan fingerprint density at radius 3 is 2.44 bits per heavy atom. The summed E-state index contributed by atoms with van der Waals surface area (Å²) in [5.41, 5.74) is 1.68. The lowest BCUT2D eigenvalue weighted by Gasteiger charge is -2.35. The van der Waals surface area contributed by atoms with Gasteiger partial charge in [0.05, 0.1) is 12.1 Å². The molecule has 27 heavy (non-hydrogen) atoms. The average Bonchev–Trinajstić information content (AvgIpc) is 3.34. The standard InChI is InChI=1S/C18H21N7O2/c1-13-15(14(2)27-22-13)12-18(26)24-10-8-23(9-11-24)16-4-5-17(21-20-16)25-7-3-6-19-25/h3-7H,8-12H2,1-2H3. The lowest BCUT2D eigenvalue weighted by Crippen LogP contribution is -2.49. The first-order valence-corrected chi connectivity index (χ1v) is 8.90. The average molecular weight is 367 g/mol. The summed E-state index contributed by atoms with van der Waals surface area (Å²) in [7, 11) is 0. The largest absolute Gasteiger partial charge is 0.361 e. The van der Waals surface area contributed by atoms with Gasteiger partial charge in [0.2, 0.25) is 5.91 Å². The van der Waals surface area contributed by atoms with E-state index in [1.54, 1.807) is 10.9 Å². The van der Waals surface area contributed by atoms with Gasteiger partial charge in [-0.2, -0.15) is 5.10 Å². The number of aromatic nitrogens is 5. The smallest absolute Gasteiger partial charge is 0.227 e. The molecule has 140 valence electrons. The number of piperazine rings is 1. The van der Waals surface area contributed by atoms with Crippen LogP contribution < -0.4 is 4.90 Å². The van der Waals surface area contributed by atoms with Gasteiger partial charge in [0.1, 0.15) is 5.76 Å². The van der Waals surface area contributed by atoms with Crippen LogP contribution in [-0.4, -0.2) is 62.1 Å². The van der Waals surface area contributed by atoms with Crippen molar-refractivity contribution in [3.63, 3.8) is 0 Å². The lowest BCUT2D eigenvalue weighted by atomic mass is 10.1. The van der Waals surface area contributed by atoms with Gasteiger partial charge in [0, 0.05) is 44.1 Å². The molecule has 1 fully saturated rings. The summed E-state index contributed by atoms with van der Waals surface area (Å²) < 4.78 is 6.81. The van der Waals surface area contributed by atoms with Crippen LogP contribution in [0.4, 0.5) is 5.82 Å². The van der Waals surface area contributed by atoms with Crippen molar-refractivity contribution >= 4 is 11.7 Å². The van der Waals surface area contributed by atoms with Crippen molar-refractivity contribution in [2.24, 2.45) is 0 Å². The van der Waals surface area contributed by atoms with Crippen molar-refractivity contribution in [3.05, 3.63) is 47.6 Å². The Kier molecular flexibility index (Phi) is 4.57. The number of nitrogens with zero attached hydrogens (tertiary/aromatic N) is 7. The minimum atomic E-state index is 0.101. The Hall–Kier alpha value is -3.23. The van der Waals surface area contributed by atoms with Crippen LogP contribution in [0, 0.1) is 13.8 Å². The molecule has 0 spiro atoms. The Balaban J connectivity index is 1.35. The maximum atomic E-state index is 12.6. The minimum Gasteiger partial charge on any atom is -0.361 e. The van der Waals surface area contributed by atoms with Crippen molar-refractivity contribution < 1.29 is 9.32 Å². The molecule has 1 saturated heterocycles. The molecule has 9 heteroatoms. The fraction of sp³-hybridized carbons (Fsp3) is 0.389. The van der Waals surface area contributed by atoms with Crippen molar-refractivity contribution in [1.29, 1.82) is 0 Å². The zero-order valence-electron chi connectivity index (χ0n) is 15.4. The molecular weight excluding hydrogens is 346 g/mol. The third kappa shape index (κ3) is 3.53. The first-order valence-electron chi connectivity index (χ1n) is 8.90. The van der Waals surface area contributed by atoms with Crippen LogP contribution in [0.5, 0.6) is 0 Å². The van der Waals surface area contributed by atoms with E-state index in [1.165, 1.54) is 0 Å². The maximum Gasteiger partial charge on any atom is 0.227 e. The van der Waals surface area contributed by atoms with Gasteiger partial charge in [0.15, 0.2) is 11.6 Å². The van der Waals surface area contributed by atoms with Gasteiger partial charge in [-0.3, -0.25) is 4.79 Å². The molecule has 4 heterocycles. The van der Waals surface area contributed by atoms with Crippen LogP contribution in [0.1, 0.15) is 17.0 Å². The second kappa shape index (κ2) is 7.18. The predicted molar refractivity (Wildman–Crippen MR) is 97.6 cm³/mol. The summed E-state index contributed by atoms with van der Waals surface area (Å²) >= 11 is 0. The topological polar surface area (TPSA) is 93.2 Å².